The molecule has 0 amide bonds. The maximum Gasteiger partial charge on any atom is 0.303 e. The van der Waals surface area contributed by atoms with Crippen LogP contribution in [0.3, 0.4) is 0 Å². The normalized spacial score (nSPS) is 12.8. The summed E-state index contributed by atoms with van der Waals surface area (Å²) in [5.41, 5.74) is 0.900. The lowest BCUT2D eigenvalue weighted by molar-refractivity contribution is -0.137. The molecule has 0 aliphatic carbocycles. The van der Waals surface area contributed by atoms with Gasteiger partial charge in [-0.3, -0.25) is 4.79 Å². The van der Waals surface area contributed by atoms with Gasteiger partial charge in [0.25, 0.3) is 0 Å². The van der Waals surface area contributed by atoms with Crippen molar-refractivity contribution in [3.8, 4) is 0 Å². The molecule has 12 heavy (non-hydrogen) atoms. The monoisotopic (exact) mass is 232 g/mol. The van der Waals surface area contributed by atoms with Gasteiger partial charge in [-0.1, -0.05) is 6.92 Å². The van der Waals surface area contributed by atoms with E-state index in [4.69, 9.17) is 9.52 Å². The van der Waals surface area contributed by atoms with Gasteiger partial charge in [-0.25, -0.2) is 0 Å². The number of aliphatic carboxylic acids is 1. The van der Waals surface area contributed by atoms with Gasteiger partial charge in [0, 0.05) is 5.56 Å². The fourth-order valence-electron chi connectivity index (χ4n) is 1.01. The zero-order valence-electron chi connectivity index (χ0n) is 6.58. The molecule has 0 saturated carbocycles. The van der Waals surface area contributed by atoms with Crippen LogP contribution in [0.1, 0.15) is 24.8 Å². The zero-order valence-corrected chi connectivity index (χ0v) is 8.17. The van der Waals surface area contributed by atoms with Gasteiger partial charge in [0.05, 0.1) is 17.2 Å². The lowest BCUT2D eigenvalue weighted by atomic mass is 10.0. The molecular weight excluding hydrogens is 224 g/mol. The molecule has 0 radical (unpaired) electrons. The molecule has 66 valence electrons. The topological polar surface area (TPSA) is 50.4 Å². The molecule has 0 aliphatic rings. The first-order chi connectivity index (χ1) is 5.61. The molecule has 1 aromatic rings. The Hall–Kier alpha value is -0.770. The van der Waals surface area contributed by atoms with Crippen LogP contribution in [0.4, 0.5) is 0 Å². The van der Waals surface area contributed by atoms with Gasteiger partial charge in [-0.15, -0.1) is 0 Å². The van der Waals surface area contributed by atoms with Crippen LogP contribution >= 0.6 is 15.9 Å². The third-order valence-electron chi connectivity index (χ3n) is 1.65. The van der Waals surface area contributed by atoms with Gasteiger partial charge >= 0.3 is 5.97 Å². The van der Waals surface area contributed by atoms with E-state index in [0.717, 1.165) is 10.0 Å². The summed E-state index contributed by atoms with van der Waals surface area (Å²) < 4.78 is 5.74. The van der Waals surface area contributed by atoms with Crippen LogP contribution in [0.25, 0.3) is 0 Å². The van der Waals surface area contributed by atoms with Crippen LogP contribution in [-0.2, 0) is 4.79 Å². The van der Waals surface area contributed by atoms with Gasteiger partial charge in [0.2, 0.25) is 0 Å². The lowest BCUT2D eigenvalue weighted by Crippen LogP contribution is -2.02. The van der Waals surface area contributed by atoms with Gasteiger partial charge in [-0.05, 0) is 21.8 Å². The van der Waals surface area contributed by atoms with Crippen molar-refractivity contribution >= 4 is 21.9 Å². The first-order valence-corrected chi connectivity index (χ1v) is 4.34. The zero-order chi connectivity index (χ0) is 9.14. The number of furan rings is 1. The number of carbonyl (C=O) groups is 1. The first kappa shape index (κ1) is 9.32. The number of carboxylic acid groups (broad SMARTS) is 1. The van der Waals surface area contributed by atoms with Crippen LogP contribution in [0.15, 0.2) is 21.4 Å². The van der Waals surface area contributed by atoms with E-state index in [-0.39, 0.29) is 12.3 Å². The van der Waals surface area contributed by atoms with Gasteiger partial charge in [0.15, 0.2) is 0 Å². The molecule has 4 heteroatoms. The minimum absolute atomic E-state index is 0.0179. The van der Waals surface area contributed by atoms with Crippen molar-refractivity contribution in [3.63, 3.8) is 0 Å². The SMILES string of the molecule is CC(CC(=O)O)c1cocc1Br. The fourth-order valence-corrected chi connectivity index (χ4v) is 1.61. The summed E-state index contributed by atoms with van der Waals surface area (Å²) in [5.74, 6) is -0.814. The number of halogens is 1. The molecule has 1 heterocycles. The molecule has 0 aliphatic heterocycles. The molecule has 0 aromatic carbocycles. The number of carboxylic acids is 1. The Morgan fingerprint density at radius 3 is 2.83 bits per heavy atom. The molecule has 0 saturated heterocycles. The predicted octanol–water partition coefficient (Wildman–Crippen LogP) is 2.62. The Morgan fingerprint density at radius 1 is 1.75 bits per heavy atom. The summed E-state index contributed by atoms with van der Waals surface area (Å²) in [4.78, 5) is 10.4. The Labute approximate surface area is 78.5 Å². The Balaban J connectivity index is 2.71. The highest BCUT2D eigenvalue weighted by molar-refractivity contribution is 9.10. The van der Waals surface area contributed by atoms with E-state index in [2.05, 4.69) is 15.9 Å². The predicted molar refractivity (Wildman–Crippen MR) is 47.1 cm³/mol. The molecule has 1 rings (SSSR count). The number of rotatable bonds is 3. The molecule has 0 bridgehead atoms. The second-order valence-electron chi connectivity index (χ2n) is 2.67. The molecule has 1 aromatic heterocycles. The Bertz CT molecular complexity index is 280. The molecule has 1 atom stereocenters. The van der Waals surface area contributed by atoms with Gasteiger partial charge < -0.3 is 9.52 Å². The van der Waals surface area contributed by atoms with Crippen LogP contribution in [0.5, 0.6) is 0 Å². The average molecular weight is 233 g/mol. The quantitative estimate of drug-likeness (QED) is 0.872. The third-order valence-corrected chi connectivity index (χ3v) is 2.30. The van der Waals surface area contributed by atoms with Gasteiger partial charge in [0.1, 0.15) is 6.26 Å². The van der Waals surface area contributed by atoms with Crippen molar-refractivity contribution in [1.82, 2.24) is 0 Å². The van der Waals surface area contributed by atoms with Crippen molar-refractivity contribution < 1.29 is 14.3 Å². The lowest BCUT2D eigenvalue weighted by Gasteiger charge is -2.04. The van der Waals surface area contributed by atoms with E-state index in [1.165, 1.54) is 0 Å². The summed E-state index contributed by atoms with van der Waals surface area (Å²) in [6.45, 7) is 1.85. The van der Waals surface area contributed by atoms with Crippen LogP contribution in [-0.4, -0.2) is 11.1 Å². The third kappa shape index (κ3) is 2.11. The highest BCUT2D eigenvalue weighted by atomic mass is 79.9. The van der Waals surface area contributed by atoms with Crippen molar-refractivity contribution in [2.45, 2.75) is 19.3 Å². The maximum atomic E-state index is 10.4. The first-order valence-electron chi connectivity index (χ1n) is 3.54. The highest BCUT2D eigenvalue weighted by Gasteiger charge is 2.14. The second kappa shape index (κ2) is 3.76. The smallest absolute Gasteiger partial charge is 0.303 e. The number of hydrogen-bond acceptors (Lipinski definition) is 2. The van der Waals surface area contributed by atoms with Crippen LogP contribution in [0.2, 0.25) is 0 Å². The second-order valence-corrected chi connectivity index (χ2v) is 3.53. The summed E-state index contributed by atoms with van der Waals surface area (Å²) in [5, 5.41) is 8.53. The molecular formula is C8H9BrO3. The maximum absolute atomic E-state index is 10.4. The summed E-state index contributed by atoms with van der Waals surface area (Å²) in [7, 11) is 0. The molecule has 0 fully saturated rings. The largest absolute Gasteiger partial charge is 0.481 e. The Morgan fingerprint density at radius 2 is 2.42 bits per heavy atom. The summed E-state index contributed by atoms with van der Waals surface area (Å²) in [6.07, 6.45) is 3.24. The standard InChI is InChI=1S/C8H9BrO3/c1-5(2-8(10)11)6-3-12-4-7(6)9/h3-5H,2H2,1H3,(H,10,11). The molecule has 3 nitrogen and oxygen atoms in total. The average Bonchev–Trinajstić information content (AvgIpc) is 2.33. The van der Waals surface area contributed by atoms with Crippen molar-refractivity contribution in [2.24, 2.45) is 0 Å². The summed E-state index contributed by atoms with van der Waals surface area (Å²) in [6, 6.07) is 0. The van der Waals surface area contributed by atoms with Crippen molar-refractivity contribution in [2.75, 3.05) is 0 Å². The van der Waals surface area contributed by atoms with Crippen LogP contribution < -0.4 is 0 Å². The fraction of sp³-hybridized carbons (Fsp3) is 0.375. The van der Waals surface area contributed by atoms with E-state index >= 15 is 0 Å². The molecule has 1 unspecified atom stereocenters. The van der Waals surface area contributed by atoms with E-state index in [1.807, 2.05) is 6.92 Å². The van der Waals surface area contributed by atoms with Crippen LogP contribution in [0, 0.1) is 0 Å². The van der Waals surface area contributed by atoms with Crippen molar-refractivity contribution in [1.29, 1.82) is 0 Å². The molecule has 0 spiro atoms. The van der Waals surface area contributed by atoms with E-state index in [0.29, 0.717) is 0 Å². The minimum Gasteiger partial charge on any atom is -0.481 e. The van der Waals surface area contributed by atoms with Gasteiger partial charge in [-0.2, -0.15) is 0 Å². The molecule has 1 N–H and O–H groups in total. The Kier molecular flexibility index (Phi) is 2.92. The van der Waals surface area contributed by atoms with E-state index < -0.39 is 5.97 Å². The highest BCUT2D eigenvalue weighted by Crippen LogP contribution is 2.27. The van der Waals surface area contributed by atoms with Crippen molar-refractivity contribution in [3.05, 3.63) is 22.6 Å². The summed E-state index contributed by atoms with van der Waals surface area (Å²) >= 11 is 3.27. The van der Waals surface area contributed by atoms with E-state index in [1.54, 1.807) is 12.5 Å². The minimum atomic E-state index is -0.796. The van der Waals surface area contributed by atoms with E-state index in [9.17, 15) is 4.79 Å². The number of hydrogen-bond donors (Lipinski definition) is 1.